The molecule has 0 bridgehead atoms. The molecule has 0 unspecified atom stereocenters. The van der Waals surface area contributed by atoms with Gasteiger partial charge in [-0.25, -0.2) is 13.4 Å². The minimum absolute atomic E-state index is 0.138. The van der Waals surface area contributed by atoms with Crippen LogP contribution in [0.4, 0.5) is 0 Å². The monoisotopic (exact) mass is 432 g/mol. The van der Waals surface area contributed by atoms with Crippen molar-refractivity contribution in [1.82, 2.24) is 29.0 Å². The summed E-state index contributed by atoms with van der Waals surface area (Å²) in [5.41, 5.74) is 0.823. The summed E-state index contributed by atoms with van der Waals surface area (Å²) < 4.78 is 35.0. The van der Waals surface area contributed by atoms with E-state index >= 15 is 0 Å². The minimum Gasteiger partial charge on any atom is -0.493 e. The number of piperazine rings is 1. The number of H-pyrrole nitrogens is 1. The lowest BCUT2D eigenvalue weighted by atomic mass is 10.2. The van der Waals surface area contributed by atoms with Crippen molar-refractivity contribution < 1.29 is 13.2 Å². The molecular weight excluding hydrogens is 408 g/mol. The lowest BCUT2D eigenvalue weighted by Crippen LogP contribution is -2.47. The summed E-state index contributed by atoms with van der Waals surface area (Å²) in [5.74, 6) is 0.681. The van der Waals surface area contributed by atoms with Crippen molar-refractivity contribution in [3.63, 3.8) is 0 Å². The normalized spacial score (nSPS) is 16.2. The molecule has 1 aliphatic rings. The average Bonchev–Trinajstić information content (AvgIpc) is 3.10. The molecule has 0 saturated carbocycles. The summed E-state index contributed by atoms with van der Waals surface area (Å²) >= 11 is 0. The maximum Gasteiger partial charge on any atom is 0.277 e. The SMILES string of the molecule is CCOc1ccc(S(=O)(=O)N2CCN(C)CC2)cc1-c1nc2cnn(C)c2c(=O)[nH]1. The van der Waals surface area contributed by atoms with Crippen LogP contribution in [0, 0.1) is 0 Å². The van der Waals surface area contributed by atoms with Crippen molar-refractivity contribution in [3.8, 4) is 17.1 Å². The number of sulfonamides is 1. The van der Waals surface area contributed by atoms with Crippen LogP contribution in [0.15, 0.2) is 34.1 Å². The Bertz CT molecular complexity index is 1240. The van der Waals surface area contributed by atoms with E-state index < -0.39 is 10.0 Å². The molecule has 1 aromatic carbocycles. The molecule has 4 rings (SSSR count). The van der Waals surface area contributed by atoms with Gasteiger partial charge in [0.05, 0.1) is 23.3 Å². The van der Waals surface area contributed by atoms with Crippen molar-refractivity contribution in [1.29, 1.82) is 0 Å². The molecule has 3 heterocycles. The number of hydrogen-bond donors (Lipinski definition) is 1. The summed E-state index contributed by atoms with van der Waals surface area (Å²) in [6.07, 6.45) is 1.50. The maximum atomic E-state index is 13.2. The van der Waals surface area contributed by atoms with E-state index in [1.165, 1.54) is 27.3 Å². The number of aromatic amines is 1. The lowest BCUT2D eigenvalue weighted by Gasteiger charge is -2.31. The number of hydrogen-bond acceptors (Lipinski definition) is 7. The van der Waals surface area contributed by atoms with Gasteiger partial charge in [-0.1, -0.05) is 0 Å². The highest BCUT2D eigenvalue weighted by molar-refractivity contribution is 7.89. The topological polar surface area (TPSA) is 113 Å². The van der Waals surface area contributed by atoms with Gasteiger partial charge in [0.25, 0.3) is 5.56 Å². The second kappa shape index (κ2) is 7.82. The zero-order chi connectivity index (χ0) is 21.5. The summed E-state index contributed by atoms with van der Waals surface area (Å²) in [5, 5.41) is 4.07. The largest absolute Gasteiger partial charge is 0.493 e. The van der Waals surface area contributed by atoms with Crippen LogP contribution >= 0.6 is 0 Å². The molecule has 160 valence electrons. The van der Waals surface area contributed by atoms with Crippen LogP contribution in [-0.4, -0.2) is 77.2 Å². The van der Waals surface area contributed by atoms with Crippen molar-refractivity contribution in [2.24, 2.45) is 7.05 Å². The highest BCUT2D eigenvalue weighted by Gasteiger charge is 2.28. The van der Waals surface area contributed by atoms with Gasteiger partial charge in [0.15, 0.2) is 5.52 Å². The third-order valence-corrected chi connectivity index (χ3v) is 7.10. The highest BCUT2D eigenvalue weighted by Crippen LogP contribution is 2.32. The number of rotatable bonds is 5. The van der Waals surface area contributed by atoms with Gasteiger partial charge < -0.3 is 14.6 Å². The second-order valence-corrected chi connectivity index (χ2v) is 9.15. The van der Waals surface area contributed by atoms with E-state index in [2.05, 4.69) is 20.0 Å². The first-order valence-corrected chi connectivity index (χ1v) is 11.1. The van der Waals surface area contributed by atoms with E-state index in [1.54, 1.807) is 13.1 Å². The third-order valence-electron chi connectivity index (χ3n) is 5.20. The van der Waals surface area contributed by atoms with Crippen LogP contribution < -0.4 is 10.3 Å². The molecule has 0 aliphatic carbocycles. The predicted molar refractivity (Wildman–Crippen MR) is 112 cm³/mol. The van der Waals surface area contributed by atoms with E-state index in [1.807, 2.05) is 14.0 Å². The predicted octanol–water partition coefficient (Wildman–Crippen LogP) is 0.658. The number of benzene rings is 1. The van der Waals surface area contributed by atoms with E-state index in [-0.39, 0.29) is 16.3 Å². The molecule has 0 atom stereocenters. The number of likely N-dealkylation sites (N-methyl/N-ethyl adjacent to an activating group) is 1. The summed E-state index contributed by atoms with van der Waals surface area (Å²) in [6, 6.07) is 4.65. The van der Waals surface area contributed by atoms with Crippen molar-refractivity contribution >= 4 is 21.1 Å². The van der Waals surface area contributed by atoms with Gasteiger partial charge in [0, 0.05) is 33.2 Å². The number of aryl methyl sites for hydroxylation is 1. The molecule has 2 aromatic heterocycles. The zero-order valence-electron chi connectivity index (χ0n) is 17.1. The van der Waals surface area contributed by atoms with Crippen LogP contribution in [-0.2, 0) is 17.1 Å². The maximum absolute atomic E-state index is 13.2. The molecule has 3 aromatic rings. The molecular formula is C19H24N6O4S. The Morgan fingerprint density at radius 1 is 1.17 bits per heavy atom. The van der Waals surface area contributed by atoms with Gasteiger partial charge in [-0.2, -0.15) is 9.40 Å². The van der Waals surface area contributed by atoms with Gasteiger partial charge in [-0.3, -0.25) is 9.48 Å². The van der Waals surface area contributed by atoms with E-state index in [4.69, 9.17) is 4.74 Å². The zero-order valence-corrected chi connectivity index (χ0v) is 17.9. The van der Waals surface area contributed by atoms with Gasteiger partial charge >= 0.3 is 0 Å². The molecule has 1 saturated heterocycles. The molecule has 0 radical (unpaired) electrons. The van der Waals surface area contributed by atoms with Crippen LogP contribution in [0.25, 0.3) is 22.4 Å². The first kappa shape index (κ1) is 20.5. The number of nitrogens with zero attached hydrogens (tertiary/aromatic N) is 5. The molecule has 0 amide bonds. The van der Waals surface area contributed by atoms with Crippen LogP contribution in [0.5, 0.6) is 5.75 Å². The Hall–Kier alpha value is -2.76. The number of ether oxygens (including phenoxy) is 1. The Kier molecular flexibility index (Phi) is 5.35. The molecule has 1 N–H and O–H groups in total. The first-order valence-electron chi connectivity index (χ1n) is 9.69. The standard InChI is InChI=1S/C19H24N6O4S/c1-4-29-16-6-5-13(30(27,28)25-9-7-23(2)8-10-25)11-14(16)18-21-15-12-20-24(3)17(15)19(26)22-18/h5-6,11-12H,4,7-10H2,1-3H3,(H,21,22,26). The van der Waals surface area contributed by atoms with Crippen LogP contribution in [0.2, 0.25) is 0 Å². The van der Waals surface area contributed by atoms with Crippen molar-refractivity contribution in [2.45, 2.75) is 11.8 Å². The van der Waals surface area contributed by atoms with Crippen LogP contribution in [0.1, 0.15) is 6.92 Å². The molecule has 11 heteroatoms. The fourth-order valence-corrected chi connectivity index (χ4v) is 4.98. The first-order chi connectivity index (χ1) is 14.3. The van der Waals surface area contributed by atoms with Crippen molar-refractivity contribution in [3.05, 3.63) is 34.7 Å². The number of fused-ring (bicyclic) bond motifs is 1. The number of aromatic nitrogens is 4. The van der Waals surface area contributed by atoms with Gasteiger partial charge in [0.1, 0.15) is 17.1 Å². The summed E-state index contributed by atoms with van der Waals surface area (Å²) in [4.78, 5) is 22.0. The lowest BCUT2D eigenvalue weighted by molar-refractivity contribution is 0.222. The average molecular weight is 433 g/mol. The third kappa shape index (κ3) is 3.59. The fourth-order valence-electron chi connectivity index (χ4n) is 3.53. The molecule has 1 fully saturated rings. The second-order valence-electron chi connectivity index (χ2n) is 7.21. The van der Waals surface area contributed by atoms with Crippen molar-refractivity contribution in [2.75, 3.05) is 39.8 Å². The quantitative estimate of drug-likeness (QED) is 0.630. The van der Waals surface area contributed by atoms with Gasteiger partial charge in [-0.15, -0.1) is 0 Å². The molecule has 30 heavy (non-hydrogen) atoms. The van der Waals surface area contributed by atoms with Gasteiger partial charge in [0.2, 0.25) is 10.0 Å². The fraction of sp³-hybridized carbons (Fsp3) is 0.421. The van der Waals surface area contributed by atoms with E-state index in [0.717, 1.165) is 0 Å². The minimum atomic E-state index is -3.68. The Balaban J connectivity index is 1.82. The summed E-state index contributed by atoms with van der Waals surface area (Å²) in [7, 11) is -0.0530. The Morgan fingerprint density at radius 3 is 2.60 bits per heavy atom. The van der Waals surface area contributed by atoms with E-state index in [9.17, 15) is 13.2 Å². The van der Waals surface area contributed by atoms with Crippen LogP contribution in [0.3, 0.4) is 0 Å². The summed E-state index contributed by atoms with van der Waals surface area (Å²) in [6.45, 7) is 4.43. The highest BCUT2D eigenvalue weighted by atomic mass is 32.2. The Labute approximate surface area is 174 Å². The molecule has 0 spiro atoms. The van der Waals surface area contributed by atoms with Gasteiger partial charge in [-0.05, 0) is 32.2 Å². The number of nitrogens with one attached hydrogen (secondary N) is 1. The smallest absolute Gasteiger partial charge is 0.277 e. The van der Waals surface area contributed by atoms with E-state index in [0.29, 0.717) is 55.1 Å². The molecule has 1 aliphatic heterocycles. The Morgan fingerprint density at radius 2 is 1.90 bits per heavy atom. The molecule has 10 nitrogen and oxygen atoms in total.